The van der Waals surface area contributed by atoms with Gasteiger partial charge in [-0.25, -0.2) is 0 Å². The molecular weight excluding hydrogens is 361 g/mol. The Morgan fingerprint density at radius 2 is 1.55 bits per heavy atom. The van der Waals surface area contributed by atoms with Crippen molar-refractivity contribution in [2.75, 3.05) is 27.2 Å². The van der Waals surface area contributed by atoms with Gasteiger partial charge in [-0.2, -0.15) is 0 Å². The third-order valence-corrected chi connectivity index (χ3v) is 3.82. The Bertz CT molecular complexity index is 510. The van der Waals surface area contributed by atoms with Gasteiger partial charge in [0.15, 0.2) is 0 Å². The van der Waals surface area contributed by atoms with Crippen molar-refractivity contribution in [2.24, 2.45) is 0 Å². The third kappa shape index (κ3) is 4.58. The fourth-order valence-corrected chi connectivity index (χ4v) is 2.36. The average molecular weight is 381 g/mol. The van der Waals surface area contributed by atoms with E-state index in [1.54, 1.807) is 0 Å². The van der Waals surface area contributed by atoms with Crippen LogP contribution in [0.1, 0.15) is 17.2 Å². The first-order chi connectivity index (χ1) is 9.66. The molecule has 0 heterocycles. The molecule has 0 bridgehead atoms. The second-order valence-electron chi connectivity index (χ2n) is 5.02. The summed E-state index contributed by atoms with van der Waals surface area (Å²) in [6.07, 6.45) is 0.00755. The Hall–Kier alpha value is -0.910. The van der Waals surface area contributed by atoms with E-state index in [1.165, 1.54) is 14.7 Å². The summed E-state index contributed by atoms with van der Waals surface area (Å²) in [5, 5.41) is 0. The van der Waals surface area contributed by atoms with Crippen molar-refractivity contribution in [2.45, 2.75) is 6.10 Å². The van der Waals surface area contributed by atoms with Crippen LogP contribution in [0.4, 0.5) is 0 Å². The molecule has 0 saturated heterocycles. The quantitative estimate of drug-likeness (QED) is 0.703. The summed E-state index contributed by atoms with van der Waals surface area (Å²) in [6, 6.07) is 19.0. The predicted molar refractivity (Wildman–Crippen MR) is 92.0 cm³/mol. The Morgan fingerprint density at radius 1 is 0.950 bits per heavy atom. The minimum atomic E-state index is 0.00755. The molecule has 0 N–H and O–H groups in total. The number of ether oxygens (including phenoxy) is 1. The highest BCUT2D eigenvalue weighted by atomic mass is 127. The molecule has 0 aromatic heterocycles. The zero-order valence-corrected chi connectivity index (χ0v) is 14.1. The Morgan fingerprint density at radius 3 is 2.15 bits per heavy atom. The van der Waals surface area contributed by atoms with Gasteiger partial charge >= 0.3 is 0 Å². The second-order valence-corrected chi connectivity index (χ2v) is 6.26. The summed E-state index contributed by atoms with van der Waals surface area (Å²) in [4.78, 5) is 2.13. The highest BCUT2D eigenvalue weighted by Gasteiger charge is 2.14. The van der Waals surface area contributed by atoms with Crippen LogP contribution in [0, 0.1) is 3.57 Å². The molecule has 0 spiro atoms. The number of hydrogen-bond donors (Lipinski definition) is 0. The van der Waals surface area contributed by atoms with Crippen LogP contribution in [0.25, 0.3) is 0 Å². The minimum absolute atomic E-state index is 0.00755. The molecule has 2 rings (SSSR count). The molecule has 0 fully saturated rings. The van der Waals surface area contributed by atoms with Crippen molar-refractivity contribution in [1.29, 1.82) is 0 Å². The lowest BCUT2D eigenvalue weighted by Gasteiger charge is -2.20. The van der Waals surface area contributed by atoms with Gasteiger partial charge in [-0.3, -0.25) is 0 Å². The van der Waals surface area contributed by atoms with E-state index in [-0.39, 0.29) is 6.10 Å². The molecule has 0 aliphatic carbocycles. The summed E-state index contributed by atoms with van der Waals surface area (Å²) < 4.78 is 7.36. The topological polar surface area (TPSA) is 12.5 Å². The SMILES string of the molecule is CN(C)CCOC(c1ccccc1)c1ccc(I)cc1. The molecule has 1 atom stereocenters. The van der Waals surface area contributed by atoms with Crippen LogP contribution in [0.2, 0.25) is 0 Å². The van der Waals surface area contributed by atoms with Gasteiger partial charge < -0.3 is 9.64 Å². The van der Waals surface area contributed by atoms with E-state index in [1.807, 2.05) is 6.07 Å². The Labute approximate surface area is 134 Å². The smallest absolute Gasteiger partial charge is 0.108 e. The van der Waals surface area contributed by atoms with Crippen molar-refractivity contribution >= 4 is 22.6 Å². The number of hydrogen-bond acceptors (Lipinski definition) is 2. The van der Waals surface area contributed by atoms with E-state index in [0.29, 0.717) is 0 Å². The maximum atomic E-state index is 6.12. The number of likely N-dealkylation sites (N-methyl/N-ethyl adjacent to an activating group) is 1. The molecule has 0 radical (unpaired) electrons. The monoisotopic (exact) mass is 381 g/mol. The van der Waals surface area contributed by atoms with Crippen molar-refractivity contribution < 1.29 is 4.74 Å². The van der Waals surface area contributed by atoms with Crippen molar-refractivity contribution in [3.05, 3.63) is 69.3 Å². The van der Waals surface area contributed by atoms with Gasteiger partial charge in [0.1, 0.15) is 6.10 Å². The van der Waals surface area contributed by atoms with Gasteiger partial charge in [-0.1, -0.05) is 42.5 Å². The maximum absolute atomic E-state index is 6.12. The van der Waals surface area contributed by atoms with E-state index in [9.17, 15) is 0 Å². The van der Waals surface area contributed by atoms with Crippen LogP contribution in [-0.2, 0) is 4.74 Å². The molecule has 20 heavy (non-hydrogen) atoms. The molecule has 2 aromatic rings. The number of nitrogens with zero attached hydrogens (tertiary/aromatic N) is 1. The van der Waals surface area contributed by atoms with Gasteiger partial charge in [0.05, 0.1) is 6.61 Å². The molecular formula is C17H20INO. The number of benzene rings is 2. The van der Waals surface area contributed by atoms with E-state index >= 15 is 0 Å². The molecule has 3 heteroatoms. The minimum Gasteiger partial charge on any atom is -0.367 e. The van der Waals surface area contributed by atoms with E-state index < -0.39 is 0 Å². The summed E-state index contributed by atoms with van der Waals surface area (Å²) in [5.74, 6) is 0. The summed E-state index contributed by atoms with van der Waals surface area (Å²) >= 11 is 2.32. The van der Waals surface area contributed by atoms with Crippen molar-refractivity contribution in [3.8, 4) is 0 Å². The van der Waals surface area contributed by atoms with Gasteiger partial charge in [-0.05, 0) is 59.9 Å². The van der Waals surface area contributed by atoms with Crippen LogP contribution >= 0.6 is 22.6 Å². The lowest BCUT2D eigenvalue weighted by atomic mass is 10.0. The van der Waals surface area contributed by atoms with Crippen molar-refractivity contribution in [3.63, 3.8) is 0 Å². The highest BCUT2D eigenvalue weighted by Crippen LogP contribution is 2.26. The van der Waals surface area contributed by atoms with Crippen molar-refractivity contribution in [1.82, 2.24) is 4.90 Å². The van der Waals surface area contributed by atoms with Gasteiger partial charge in [0.25, 0.3) is 0 Å². The molecule has 0 aliphatic rings. The third-order valence-electron chi connectivity index (χ3n) is 3.10. The van der Waals surface area contributed by atoms with Crippen LogP contribution in [-0.4, -0.2) is 32.1 Å². The summed E-state index contributed by atoms with van der Waals surface area (Å²) in [7, 11) is 4.12. The molecule has 106 valence electrons. The standard InChI is InChI=1S/C17H20INO/c1-19(2)12-13-20-17(14-6-4-3-5-7-14)15-8-10-16(18)11-9-15/h3-11,17H,12-13H2,1-2H3. The largest absolute Gasteiger partial charge is 0.367 e. The second kappa shape index (κ2) is 7.76. The first-order valence-corrected chi connectivity index (χ1v) is 7.81. The van der Waals surface area contributed by atoms with Gasteiger partial charge in [-0.15, -0.1) is 0 Å². The fraction of sp³-hybridized carbons (Fsp3) is 0.294. The first kappa shape index (κ1) is 15.5. The fourth-order valence-electron chi connectivity index (χ4n) is 2.00. The van der Waals surface area contributed by atoms with Crippen LogP contribution < -0.4 is 0 Å². The zero-order valence-electron chi connectivity index (χ0n) is 11.9. The molecule has 0 aliphatic heterocycles. The normalized spacial score (nSPS) is 12.6. The predicted octanol–water partition coefficient (Wildman–Crippen LogP) is 3.96. The molecule has 2 aromatic carbocycles. The average Bonchev–Trinajstić information content (AvgIpc) is 2.46. The summed E-state index contributed by atoms with van der Waals surface area (Å²) in [6.45, 7) is 1.65. The van der Waals surface area contributed by atoms with E-state index in [4.69, 9.17) is 4.74 Å². The van der Waals surface area contributed by atoms with Crippen LogP contribution in [0.15, 0.2) is 54.6 Å². The molecule has 0 amide bonds. The van der Waals surface area contributed by atoms with E-state index in [2.05, 4.69) is 90.1 Å². The Kier molecular flexibility index (Phi) is 6.01. The molecule has 1 unspecified atom stereocenters. The lowest BCUT2D eigenvalue weighted by molar-refractivity contribution is 0.0687. The lowest BCUT2D eigenvalue weighted by Crippen LogP contribution is -2.20. The van der Waals surface area contributed by atoms with Gasteiger partial charge in [0, 0.05) is 10.1 Å². The zero-order chi connectivity index (χ0) is 14.4. The molecule has 2 nitrogen and oxygen atoms in total. The summed E-state index contributed by atoms with van der Waals surface area (Å²) in [5.41, 5.74) is 2.41. The van der Waals surface area contributed by atoms with Crippen LogP contribution in [0.3, 0.4) is 0 Å². The number of halogens is 1. The van der Waals surface area contributed by atoms with Gasteiger partial charge in [0.2, 0.25) is 0 Å². The number of rotatable bonds is 6. The molecule has 0 saturated carbocycles. The first-order valence-electron chi connectivity index (χ1n) is 6.73. The van der Waals surface area contributed by atoms with Crippen LogP contribution in [0.5, 0.6) is 0 Å². The Balaban J connectivity index is 2.18. The van der Waals surface area contributed by atoms with E-state index in [0.717, 1.165) is 13.2 Å². The highest BCUT2D eigenvalue weighted by molar-refractivity contribution is 14.1. The maximum Gasteiger partial charge on any atom is 0.108 e.